The quantitative estimate of drug-likeness (QED) is 0.353. The topological polar surface area (TPSA) is 80.8 Å². The number of ether oxygens (including phenoxy) is 2. The Bertz CT molecular complexity index is 373. The van der Waals surface area contributed by atoms with Gasteiger partial charge in [-0.15, -0.1) is 0 Å². The van der Waals surface area contributed by atoms with Crippen LogP contribution in [0.1, 0.15) is 33.6 Å². The van der Waals surface area contributed by atoms with Crippen LogP contribution < -0.4 is 0 Å². The van der Waals surface area contributed by atoms with Gasteiger partial charge in [0.1, 0.15) is 0 Å². The van der Waals surface area contributed by atoms with Gasteiger partial charge in [0.25, 0.3) is 0 Å². The molecule has 0 bridgehead atoms. The van der Waals surface area contributed by atoms with Crippen molar-refractivity contribution in [2.75, 3.05) is 6.61 Å². The van der Waals surface area contributed by atoms with E-state index in [1.54, 1.807) is 6.92 Å². The minimum Gasteiger partial charge on any atom is -0.465 e. The third kappa shape index (κ3) is 4.01. The molecule has 1 saturated heterocycles. The Labute approximate surface area is 112 Å². The van der Waals surface area contributed by atoms with Gasteiger partial charge in [-0.25, -0.2) is 0 Å². The lowest BCUT2D eigenvalue weighted by Gasteiger charge is -2.23. The van der Waals surface area contributed by atoms with Crippen LogP contribution in [0, 0.1) is 5.92 Å². The summed E-state index contributed by atoms with van der Waals surface area (Å²) in [7, 11) is 0. The molecule has 0 saturated carbocycles. The number of carbonyl (C=O) groups excluding carboxylic acids is 1. The molecule has 6 heteroatoms. The molecule has 2 aliphatic rings. The highest BCUT2D eigenvalue weighted by molar-refractivity contribution is 5.70. The number of esters is 1. The maximum Gasteiger partial charge on any atom is 0.337 e. The fourth-order valence-electron chi connectivity index (χ4n) is 1.87. The second kappa shape index (κ2) is 5.58. The Balaban J connectivity index is 2.09. The van der Waals surface area contributed by atoms with Gasteiger partial charge in [-0.3, -0.25) is 4.79 Å². The Morgan fingerprint density at radius 1 is 1.47 bits per heavy atom. The fourth-order valence-corrected chi connectivity index (χ4v) is 1.87. The molecular weight excluding hydrogens is 252 g/mol. The van der Waals surface area contributed by atoms with E-state index < -0.39 is 18.2 Å². The van der Waals surface area contributed by atoms with Crippen LogP contribution in [-0.2, 0) is 24.0 Å². The summed E-state index contributed by atoms with van der Waals surface area (Å²) in [6.45, 7) is 5.54. The smallest absolute Gasteiger partial charge is 0.337 e. The van der Waals surface area contributed by atoms with E-state index in [1.165, 1.54) is 0 Å². The lowest BCUT2D eigenvalue weighted by atomic mass is 9.99. The predicted molar refractivity (Wildman–Crippen MR) is 64.6 cm³/mol. The first kappa shape index (κ1) is 14.5. The van der Waals surface area contributed by atoms with Crippen molar-refractivity contribution in [3.8, 4) is 0 Å². The van der Waals surface area contributed by atoms with Gasteiger partial charge in [0.15, 0.2) is 0 Å². The largest absolute Gasteiger partial charge is 0.465 e. The number of hydrogen-bond acceptors (Lipinski definition) is 6. The first-order valence-electron chi connectivity index (χ1n) is 6.44. The molecule has 0 aromatic rings. The van der Waals surface area contributed by atoms with Gasteiger partial charge >= 0.3 is 11.9 Å². The SMILES string of the molecule is C/C1=C/C[C@H](O)[C@H](C)COC(=O)C[C@H]1OC1(C)OO1. The number of cyclic esters (lactones) is 1. The molecule has 0 aromatic carbocycles. The standard InChI is InChI=1S/C13H20O6/c1-8-4-5-10(14)9(2)7-16-12(15)6-11(8)17-13(3)18-19-13/h4,9-11,14H,5-7H2,1-3H3/b8-4-/t9-,10+,11-/m1/s1. The van der Waals surface area contributed by atoms with Crippen molar-refractivity contribution >= 4 is 5.97 Å². The van der Waals surface area contributed by atoms with Crippen molar-refractivity contribution in [2.24, 2.45) is 5.92 Å². The minimum absolute atomic E-state index is 0.0851. The zero-order chi connectivity index (χ0) is 14.0. The van der Waals surface area contributed by atoms with E-state index in [0.717, 1.165) is 5.57 Å². The van der Waals surface area contributed by atoms with Crippen molar-refractivity contribution < 1.29 is 29.1 Å². The van der Waals surface area contributed by atoms with Gasteiger partial charge in [-0.05, 0) is 18.9 Å². The van der Waals surface area contributed by atoms with Crippen LogP contribution in [0.25, 0.3) is 0 Å². The van der Waals surface area contributed by atoms with Crippen LogP contribution in [0.4, 0.5) is 0 Å². The highest BCUT2D eigenvalue weighted by atomic mass is 17.4. The zero-order valence-electron chi connectivity index (χ0n) is 11.4. The highest BCUT2D eigenvalue weighted by Gasteiger charge is 2.48. The van der Waals surface area contributed by atoms with E-state index in [1.807, 2.05) is 19.9 Å². The van der Waals surface area contributed by atoms with Crippen molar-refractivity contribution in [2.45, 2.75) is 51.8 Å². The monoisotopic (exact) mass is 272 g/mol. The van der Waals surface area contributed by atoms with E-state index in [4.69, 9.17) is 19.2 Å². The summed E-state index contributed by atoms with van der Waals surface area (Å²) in [5.41, 5.74) is 0.852. The van der Waals surface area contributed by atoms with E-state index in [2.05, 4.69) is 0 Å². The average molecular weight is 272 g/mol. The molecule has 1 fully saturated rings. The summed E-state index contributed by atoms with van der Waals surface area (Å²) in [6, 6.07) is 0. The second-order valence-corrected chi connectivity index (χ2v) is 5.25. The second-order valence-electron chi connectivity index (χ2n) is 5.25. The van der Waals surface area contributed by atoms with Crippen LogP contribution >= 0.6 is 0 Å². The molecule has 0 aromatic heterocycles. The van der Waals surface area contributed by atoms with E-state index in [0.29, 0.717) is 6.42 Å². The van der Waals surface area contributed by atoms with Crippen molar-refractivity contribution in [1.82, 2.24) is 0 Å². The van der Waals surface area contributed by atoms with Crippen molar-refractivity contribution in [1.29, 1.82) is 0 Å². The maximum atomic E-state index is 11.7. The molecule has 3 atom stereocenters. The number of aliphatic hydroxyl groups excluding tert-OH is 1. The normalized spacial score (nSPS) is 38.0. The summed E-state index contributed by atoms with van der Waals surface area (Å²) >= 11 is 0. The summed E-state index contributed by atoms with van der Waals surface area (Å²) in [4.78, 5) is 21.1. The Morgan fingerprint density at radius 3 is 2.79 bits per heavy atom. The van der Waals surface area contributed by atoms with Crippen molar-refractivity contribution in [3.63, 3.8) is 0 Å². The molecule has 0 aliphatic carbocycles. The van der Waals surface area contributed by atoms with Gasteiger partial charge in [0.05, 0.1) is 25.2 Å². The molecule has 1 N–H and O–H groups in total. The summed E-state index contributed by atoms with van der Waals surface area (Å²) in [5.74, 6) is -1.52. The molecule has 6 nitrogen and oxygen atoms in total. The van der Waals surface area contributed by atoms with Gasteiger partial charge in [0, 0.05) is 12.8 Å². The summed E-state index contributed by atoms with van der Waals surface area (Å²) in [5, 5.41) is 9.91. The van der Waals surface area contributed by atoms with Crippen LogP contribution in [0.15, 0.2) is 11.6 Å². The highest BCUT2D eigenvalue weighted by Crippen LogP contribution is 2.34. The molecule has 0 spiro atoms. The van der Waals surface area contributed by atoms with Gasteiger partial charge in [-0.1, -0.05) is 13.0 Å². The molecule has 0 unspecified atom stereocenters. The molecule has 0 amide bonds. The third-order valence-electron chi connectivity index (χ3n) is 3.38. The Morgan fingerprint density at radius 2 is 2.16 bits per heavy atom. The van der Waals surface area contributed by atoms with Crippen molar-refractivity contribution in [3.05, 3.63) is 11.6 Å². The fraction of sp³-hybridized carbons (Fsp3) is 0.769. The Kier molecular flexibility index (Phi) is 4.25. The summed E-state index contributed by atoms with van der Waals surface area (Å²) < 4.78 is 10.7. The first-order valence-corrected chi connectivity index (χ1v) is 6.44. The molecule has 19 heavy (non-hydrogen) atoms. The van der Waals surface area contributed by atoms with Gasteiger partial charge in [-0.2, -0.15) is 9.78 Å². The molecule has 0 radical (unpaired) electrons. The van der Waals surface area contributed by atoms with E-state index >= 15 is 0 Å². The molecule has 2 aliphatic heterocycles. The maximum absolute atomic E-state index is 11.7. The average Bonchev–Trinajstić information content (AvgIpc) is 3.08. The minimum atomic E-state index is -1.07. The number of hydrogen-bond donors (Lipinski definition) is 1. The summed E-state index contributed by atoms with van der Waals surface area (Å²) in [6.07, 6.45) is 1.48. The van der Waals surface area contributed by atoms with Crippen LogP contribution in [-0.4, -0.2) is 35.9 Å². The third-order valence-corrected chi connectivity index (χ3v) is 3.38. The van der Waals surface area contributed by atoms with Crippen LogP contribution in [0.2, 0.25) is 0 Å². The number of rotatable bonds is 2. The lowest BCUT2D eigenvalue weighted by molar-refractivity contribution is -0.152. The number of carbonyl (C=O) groups is 1. The van der Waals surface area contributed by atoms with Crippen LogP contribution in [0.5, 0.6) is 0 Å². The predicted octanol–water partition coefficient (Wildman–Crippen LogP) is 1.29. The lowest BCUT2D eigenvalue weighted by Crippen LogP contribution is -2.30. The molecule has 108 valence electrons. The number of aliphatic hydroxyl groups is 1. The molecule has 2 rings (SSSR count). The van der Waals surface area contributed by atoms with Crippen LogP contribution in [0.3, 0.4) is 0 Å². The molecular formula is C13H20O6. The zero-order valence-corrected chi connectivity index (χ0v) is 11.4. The van der Waals surface area contributed by atoms with E-state index in [-0.39, 0.29) is 24.9 Å². The molecule has 2 heterocycles. The van der Waals surface area contributed by atoms with Gasteiger partial charge < -0.3 is 14.6 Å². The first-order chi connectivity index (χ1) is 8.89. The van der Waals surface area contributed by atoms with Gasteiger partial charge in [0.2, 0.25) is 0 Å². The Hall–Kier alpha value is -0.950. The van der Waals surface area contributed by atoms with E-state index in [9.17, 15) is 9.90 Å².